The summed E-state index contributed by atoms with van der Waals surface area (Å²) in [5.74, 6) is 1.25. The van der Waals surface area contributed by atoms with E-state index in [0.29, 0.717) is 5.82 Å². The monoisotopic (exact) mass is 217 g/mol. The zero-order chi connectivity index (χ0) is 11.7. The minimum Gasteiger partial charge on any atom is -0.383 e. The molecule has 2 rings (SSSR count). The molecule has 5 heteroatoms. The number of imidazole rings is 1. The first-order valence-corrected chi connectivity index (χ1v) is 5.05. The topological polar surface area (TPSA) is 82.8 Å². The van der Waals surface area contributed by atoms with Crippen molar-refractivity contribution in [2.24, 2.45) is 12.8 Å². The molecule has 2 aromatic heterocycles. The Morgan fingerprint density at radius 3 is 2.62 bits per heavy atom. The molecule has 0 aliphatic heterocycles. The van der Waals surface area contributed by atoms with Gasteiger partial charge in [-0.05, 0) is 18.6 Å². The smallest absolute Gasteiger partial charge is 0.130 e. The van der Waals surface area contributed by atoms with Crippen LogP contribution in [0.2, 0.25) is 0 Å². The van der Waals surface area contributed by atoms with E-state index < -0.39 is 0 Å². The summed E-state index contributed by atoms with van der Waals surface area (Å²) < 4.78 is 1.89. The first-order valence-electron chi connectivity index (χ1n) is 5.05. The lowest BCUT2D eigenvalue weighted by atomic mass is 10.0. The molecule has 0 aromatic carbocycles. The quantitative estimate of drug-likeness (QED) is 0.777. The second-order valence-electron chi connectivity index (χ2n) is 3.80. The fraction of sp³-hybridized carbons (Fsp3) is 0.273. The number of nitrogens with two attached hydrogens (primary N) is 2. The van der Waals surface area contributed by atoms with Gasteiger partial charge < -0.3 is 16.0 Å². The first-order chi connectivity index (χ1) is 7.61. The van der Waals surface area contributed by atoms with Gasteiger partial charge in [0.2, 0.25) is 0 Å². The van der Waals surface area contributed by atoms with Crippen LogP contribution in [0, 0.1) is 6.92 Å². The predicted octanol–water partition coefficient (Wildman–Crippen LogP) is 0.754. The number of pyridine rings is 1. The third-order valence-electron chi connectivity index (χ3n) is 2.69. The molecule has 1 unspecified atom stereocenters. The lowest BCUT2D eigenvalue weighted by Gasteiger charge is -2.15. The molecule has 0 saturated heterocycles. The highest BCUT2D eigenvalue weighted by atomic mass is 15.1. The molecule has 0 bridgehead atoms. The van der Waals surface area contributed by atoms with E-state index in [1.165, 1.54) is 0 Å². The van der Waals surface area contributed by atoms with E-state index in [0.717, 1.165) is 17.0 Å². The average molecular weight is 217 g/mol. The molecule has 4 N–H and O–H groups in total. The van der Waals surface area contributed by atoms with Gasteiger partial charge in [0.05, 0.1) is 6.04 Å². The number of aromatic nitrogens is 3. The molecule has 0 radical (unpaired) electrons. The largest absolute Gasteiger partial charge is 0.383 e. The molecule has 0 fully saturated rings. The molecular formula is C11H15N5. The van der Waals surface area contributed by atoms with E-state index in [2.05, 4.69) is 9.97 Å². The Hall–Kier alpha value is -1.88. The van der Waals surface area contributed by atoms with Crippen LogP contribution < -0.4 is 11.5 Å². The van der Waals surface area contributed by atoms with Crippen molar-refractivity contribution < 1.29 is 0 Å². The fourth-order valence-corrected chi connectivity index (χ4v) is 1.80. The third kappa shape index (κ3) is 1.65. The molecule has 16 heavy (non-hydrogen) atoms. The van der Waals surface area contributed by atoms with Crippen LogP contribution in [0.25, 0.3) is 0 Å². The Morgan fingerprint density at radius 2 is 2.06 bits per heavy atom. The second-order valence-corrected chi connectivity index (χ2v) is 3.80. The van der Waals surface area contributed by atoms with Gasteiger partial charge in [0, 0.05) is 31.2 Å². The number of hydrogen-bond acceptors (Lipinski definition) is 4. The van der Waals surface area contributed by atoms with E-state index in [-0.39, 0.29) is 6.04 Å². The van der Waals surface area contributed by atoms with Gasteiger partial charge in [-0.3, -0.25) is 0 Å². The zero-order valence-electron chi connectivity index (χ0n) is 9.38. The fourth-order valence-electron chi connectivity index (χ4n) is 1.80. The summed E-state index contributed by atoms with van der Waals surface area (Å²) in [6, 6.07) is 1.56. The highest BCUT2D eigenvalue weighted by Crippen LogP contribution is 2.24. The van der Waals surface area contributed by atoms with Crippen molar-refractivity contribution in [3.8, 4) is 0 Å². The van der Waals surface area contributed by atoms with E-state index in [1.807, 2.05) is 30.8 Å². The molecule has 1 atom stereocenters. The van der Waals surface area contributed by atoms with Crippen molar-refractivity contribution in [3.63, 3.8) is 0 Å². The van der Waals surface area contributed by atoms with E-state index in [9.17, 15) is 0 Å². The van der Waals surface area contributed by atoms with Gasteiger partial charge in [0.15, 0.2) is 0 Å². The average Bonchev–Trinajstić information content (AvgIpc) is 2.64. The molecule has 2 aromatic rings. The van der Waals surface area contributed by atoms with E-state index >= 15 is 0 Å². The van der Waals surface area contributed by atoms with E-state index in [1.54, 1.807) is 12.4 Å². The van der Waals surface area contributed by atoms with Crippen LogP contribution in [0.4, 0.5) is 5.82 Å². The van der Waals surface area contributed by atoms with Crippen molar-refractivity contribution >= 4 is 5.82 Å². The van der Waals surface area contributed by atoms with Gasteiger partial charge in [-0.25, -0.2) is 9.97 Å². The number of nitrogen functional groups attached to an aromatic ring is 1. The predicted molar refractivity (Wildman–Crippen MR) is 62.6 cm³/mol. The summed E-state index contributed by atoms with van der Waals surface area (Å²) in [7, 11) is 1.91. The van der Waals surface area contributed by atoms with Gasteiger partial charge in [0.1, 0.15) is 11.6 Å². The number of rotatable bonds is 2. The highest BCUT2D eigenvalue weighted by Gasteiger charge is 2.18. The summed E-state index contributed by atoms with van der Waals surface area (Å²) in [4.78, 5) is 8.29. The lowest BCUT2D eigenvalue weighted by molar-refractivity contribution is 0.713. The Balaban J connectivity index is 2.49. The summed E-state index contributed by atoms with van der Waals surface area (Å²) in [5, 5.41) is 0. The van der Waals surface area contributed by atoms with Gasteiger partial charge in [-0.2, -0.15) is 0 Å². The first kappa shape index (κ1) is 10.6. The summed E-state index contributed by atoms with van der Waals surface area (Å²) in [6.45, 7) is 1.97. The minimum atomic E-state index is -0.339. The van der Waals surface area contributed by atoms with Crippen LogP contribution in [-0.2, 0) is 7.05 Å². The number of nitrogens with zero attached hydrogens (tertiary/aromatic N) is 3. The molecule has 5 nitrogen and oxygen atoms in total. The maximum Gasteiger partial charge on any atom is 0.130 e. The van der Waals surface area contributed by atoms with Crippen molar-refractivity contribution in [1.82, 2.24) is 14.5 Å². The van der Waals surface area contributed by atoms with Crippen LogP contribution in [0.15, 0.2) is 24.7 Å². The Labute approximate surface area is 94.1 Å². The molecule has 84 valence electrons. The normalized spacial score (nSPS) is 12.7. The molecular weight excluding hydrogens is 202 g/mol. The van der Waals surface area contributed by atoms with Crippen molar-refractivity contribution in [2.45, 2.75) is 13.0 Å². The Morgan fingerprint density at radius 1 is 1.31 bits per heavy atom. The van der Waals surface area contributed by atoms with E-state index in [4.69, 9.17) is 11.5 Å². The lowest BCUT2D eigenvalue weighted by Crippen LogP contribution is -2.19. The highest BCUT2D eigenvalue weighted by molar-refractivity contribution is 5.48. The molecule has 0 spiro atoms. The third-order valence-corrected chi connectivity index (χ3v) is 2.69. The molecule has 0 saturated carbocycles. The zero-order valence-corrected chi connectivity index (χ0v) is 9.38. The Bertz CT molecular complexity index is 483. The van der Waals surface area contributed by atoms with Gasteiger partial charge >= 0.3 is 0 Å². The Kier molecular flexibility index (Phi) is 2.62. The maximum atomic E-state index is 6.16. The van der Waals surface area contributed by atoms with Crippen LogP contribution in [-0.4, -0.2) is 14.5 Å². The second kappa shape index (κ2) is 3.94. The standard InChI is InChI=1S/C11H15N5/c1-7-3-4-14-10(13)8(7)9(12)11-15-5-6-16(11)2/h3-6,9H,12H2,1-2H3,(H2,13,14). The molecule has 0 aliphatic rings. The van der Waals surface area contributed by atoms with Crippen molar-refractivity contribution in [3.05, 3.63) is 41.6 Å². The molecule has 0 aliphatic carbocycles. The SMILES string of the molecule is Cc1ccnc(N)c1C(N)c1nccn1C. The van der Waals surface area contributed by atoms with Gasteiger partial charge in [0.25, 0.3) is 0 Å². The van der Waals surface area contributed by atoms with Crippen molar-refractivity contribution in [2.75, 3.05) is 5.73 Å². The number of anilines is 1. The van der Waals surface area contributed by atoms with Crippen LogP contribution in [0.1, 0.15) is 23.0 Å². The molecule has 0 amide bonds. The van der Waals surface area contributed by atoms with Crippen LogP contribution in [0.5, 0.6) is 0 Å². The summed E-state index contributed by atoms with van der Waals surface area (Å²) in [5.41, 5.74) is 13.9. The van der Waals surface area contributed by atoms with Crippen LogP contribution >= 0.6 is 0 Å². The molecule has 2 heterocycles. The number of aryl methyl sites for hydroxylation is 2. The summed E-state index contributed by atoms with van der Waals surface area (Å²) in [6.07, 6.45) is 5.26. The summed E-state index contributed by atoms with van der Waals surface area (Å²) >= 11 is 0. The van der Waals surface area contributed by atoms with Crippen molar-refractivity contribution in [1.29, 1.82) is 0 Å². The minimum absolute atomic E-state index is 0.339. The maximum absolute atomic E-state index is 6.16. The van der Waals surface area contributed by atoms with Gasteiger partial charge in [-0.1, -0.05) is 0 Å². The van der Waals surface area contributed by atoms with Gasteiger partial charge in [-0.15, -0.1) is 0 Å². The van der Waals surface area contributed by atoms with Crippen LogP contribution in [0.3, 0.4) is 0 Å². The number of hydrogen-bond donors (Lipinski definition) is 2.